The lowest BCUT2D eigenvalue weighted by atomic mass is 9.93. The van der Waals surface area contributed by atoms with Crippen molar-refractivity contribution in [2.45, 2.75) is 25.3 Å². The second-order valence-corrected chi connectivity index (χ2v) is 3.84. The van der Waals surface area contributed by atoms with Gasteiger partial charge in [-0.05, 0) is 30.2 Å². The number of alkyl halides is 3. The van der Waals surface area contributed by atoms with E-state index in [4.69, 9.17) is 9.47 Å². The van der Waals surface area contributed by atoms with Crippen molar-refractivity contribution in [3.8, 4) is 5.75 Å². The smallest absolute Gasteiger partial charge is 0.421 e. The van der Waals surface area contributed by atoms with Crippen LogP contribution < -0.4 is 4.74 Å². The molecule has 1 aromatic carbocycles. The van der Waals surface area contributed by atoms with Gasteiger partial charge in [0.05, 0.1) is 13.7 Å². The van der Waals surface area contributed by atoms with Gasteiger partial charge in [-0.25, -0.2) is 0 Å². The van der Waals surface area contributed by atoms with Crippen molar-refractivity contribution in [1.82, 2.24) is 0 Å². The Morgan fingerprint density at radius 3 is 2.62 bits per heavy atom. The Bertz CT molecular complexity index is 414. The monoisotopic (exact) mass is 232 g/mol. The molecule has 0 saturated carbocycles. The molecule has 1 aliphatic rings. The first-order chi connectivity index (χ1) is 7.38. The number of hydrogen-bond donors (Lipinski definition) is 0. The molecule has 1 aliphatic heterocycles. The fourth-order valence-electron chi connectivity index (χ4n) is 1.82. The van der Waals surface area contributed by atoms with E-state index < -0.39 is 11.8 Å². The number of benzene rings is 1. The van der Waals surface area contributed by atoms with Crippen molar-refractivity contribution in [3.05, 3.63) is 29.3 Å². The standard InChI is InChI=1S/C11H11F3O2/c1-10(11(12,13)14)9-4-3-8(15-2)5-7(9)6-16-10/h3-5H,6H2,1-2H3/t10-/m1/s1. The van der Waals surface area contributed by atoms with Gasteiger partial charge in [0.15, 0.2) is 5.60 Å². The molecule has 0 N–H and O–H groups in total. The zero-order valence-corrected chi connectivity index (χ0v) is 8.89. The largest absolute Gasteiger partial charge is 0.497 e. The third-order valence-corrected chi connectivity index (χ3v) is 2.88. The number of rotatable bonds is 1. The fraction of sp³-hybridized carbons (Fsp3) is 0.455. The lowest BCUT2D eigenvalue weighted by Crippen LogP contribution is -2.38. The lowest BCUT2D eigenvalue weighted by molar-refractivity contribution is -0.272. The van der Waals surface area contributed by atoms with Crippen LogP contribution in [0.2, 0.25) is 0 Å². The van der Waals surface area contributed by atoms with Crippen molar-refractivity contribution >= 4 is 0 Å². The molecule has 0 aromatic heterocycles. The summed E-state index contributed by atoms with van der Waals surface area (Å²) in [5, 5.41) is 0. The predicted molar refractivity (Wildman–Crippen MR) is 51.2 cm³/mol. The van der Waals surface area contributed by atoms with Gasteiger partial charge in [-0.15, -0.1) is 0 Å². The highest BCUT2D eigenvalue weighted by atomic mass is 19.4. The summed E-state index contributed by atoms with van der Waals surface area (Å²) in [6.45, 7) is 1.01. The number of methoxy groups -OCH3 is 1. The van der Waals surface area contributed by atoms with E-state index in [1.54, 1.807) is 6.07 Å². The van der Waals surface area contributed by atoms with Crippen LogP contribution in [0.3, 0.4) is 0 Å². The van der Waals surface area contributed by atoms with Gasteiger partial charge in [0.25, 0.3) is 0 Å². The Labute approximate surface area is 91.0 Å². The number of halogens is 3. The summed E-state index contributed by atoms with van der Waals surface area (Å²) < 4.78 is 48.4. The van der Waals surface area contributed by atoms with Crippen molar-refractivity contribution < 1.29 is 22.6 Å². The van der Waals surface area contributed by atoms with E-state index in [2.05, 4.69) is 0 Å². The zero-order valence-electron chi connectivity index (χ0n) is 8.89. The third-order valence-electron chi connectivity index (χ3n) is 2.88. The number of ether oxygens (including phenoxy) is 2. The zero-order chi connectivity index (χ0) is 12.0. The highest BCUT2D eigenvalue weighted by molar-refractivity contribution is 5.41. The van der Waals surface area contributed by atoms with Crippen LogP contribution in [0.25, 0.3) is 0 Å². The molecule has 0 fully saturated rings. The lowest BCUT2D eigenvalue weighted by Gasteiger charge is -2.27. The molecular formula is C11H11F3O2. The summed E-state index contributed by atoms with van der Waals surface area (Å²) >= 11 is 0. The van der Waals surface area contributed by atoms with Gasteiger partial charge >= 0.3 is 6.18 Å². The second kappa shape index (κ2) is 3.38. The molecule has 0 unspecified atom stereocenters. The Hall–Kier alpha value is -1.23. The molecule has 2 nitrogen and oxygen atoms in total. The maximum Gasteiger partial charge on any atom is 0.421 e. The van der Waals surface area contributed by atoms with Gasteiger partial charge in [0.2, 0.25) is 0 Å². The fourth-order valence-corrected chi connectivity index (χ4v) is 1.82. The van der Waals surface area contributed by atoms with Crippen molar-refractivity contribution in [1.29, 1.82) is 0 Å². The van der Waals surface area contributed by atoms with Crippen LogP contribution in [0.4, 0.5) is 13.2 Å². The second-order valence-electron chi connectivity index (χ2n) is 3.84. The van der Waals surface area contributed by atoms with Gasteiger partial charge in [0, 0.05) is 0 Å². The van der Waals surface area contributed by atoms with E-state index >= 15 is 0 Å². The van der Waals surface area contributed by atoms with Crippen molar-refractivity contribution in [2.24, 2.45) is 0 Å². The maximum absolute atomic E-state index is 12.8. The third kappa shape index (κ3) is 1.46. The molecule has 16 heavy (non-hydrogen) atoms. The van der Waals surface area contributed by atoms with E-state index in [-0.39, 0.29) is 12.2 Å². The molecule has 1 aromatic rings. The summed E-state index contributed by atoms with van der Waals surface area (Å²) in [7, 11) is 1.47. The van der Waals surface area contributed by atoms with Gasteiger partial charge in [0.1, 0.15) is 5.75 Å². The summed E-state index contributed by atoms with van der Waals surface area (Å²) in [5.74, 6) is 0.536. The summed E-state index contributed by atoms with van der Waals surface area (Å²) in [4.78, 5) is 0. The molecule has 0 spiro atoms. The summed E-state index contributed by atoms with van der Waals surface area (Å²) in [6, 6.07) is 4.50. The van der Waals surface area contributed by atoms with Crippen LogP contribution in [0.1, 0.15) is 18.1 Å². The molecule has 0 bridgehead atoms. The highest BCUT2D eigenvalue weighted by Gasteiger charge is 2.57. The number of hydrogen-bond acceptors (Lipinski definition) is 2. The molecule has 2 rings (SSSR count). The van der Waals surface area contributed by atoms with E-state index in [0.717, 1.165) is 6.92 Å². The highest BCUT2D eigenvalue weighted by Crippen LogP contribution is 2.48. The molecule has 0 radical (unpaired) electrons. The van der Waals surface area contributed by atoms with Crippen LogP contribution in [0, 0.1) is 0 Å². The van der Waals surface area contributed by atoms with Crippen molar-refractivity contribution in [3.63, 3.8) is 0 Å². The minimum Gasteiger partial charge on any atom is -0.497 e. The Balaban J connectivity index is 2.48. The van der Waals surface area contributed by atoms with E-state index in [1.807, 2.05) is 0 Å². The molecule has 88 valence electrons. The minimum atomic E-state index is -4.41. The molecule has 0 aliphatic carbocycles. The Kier molecular flexibility index (Phi) is 2.38. The van der Waals surface area contributed by atoms with Gasteiger partial charge in [-0.3, -0.25) is 0 Å². The normalized spacial score (nSPS) is 24.3. The van der Waals surface area contributed by atoms with Crippen LogP contribution in [-0.2, 0) is 16.9 Å². The van der Waals surface area contributed by atoms with Gasteiger partial charge in [-0.2, -0.15) is 13.2 Å². The molecule has 0 amide bonds. The first-order valence-electron chi connectivity index (χ1n) is 4.76. The van der Waals surface area contributed by atoms with E-state index in [9.17, 15) is 13.2 Å². The minimum absolute atomic E-state index is 0.0391. The van der Waals surface area contributed by atoms with Crippen LogP contribution in [-0.4, -0.2) is 13.3 Å². The number of fused-ring (bicyclic) bond motifs is 1. The average molecular weight is 232 g/mol. The molecule has 5 heteroatoms. The Morgan fingerprint density at radius 1 is 1.38 bits per heavy atom. The summed E-state index contributed by atoms with van der Waals surface area (Å²) in [5.41, 5.74) is -1.51. The first kappa shape index (κ1) is 11.3. The quantitative estimate of drug-likeness (QED) is 0.741. The molecule has 0 saturated heterocycles. The first-order valence-corrected chi connectivity index (χ1v) is 4.76. The molecular weight excluding hydrogens is 221 g/mol. The molecule has 1 heterocycles. The van der Waals surface area contributed by atoms with Crippen LogP contribution in [0.5, 0.6) is 5.75 Å². The van der Waals surface area contributed by atoms with Crippen LogP contribution in [0.15, 0.2) is 18.2 Å². The van der Waals surface area contributed by atoms with E-state index in [0.29, 0.717) is 11.3 Å². The predicted octanol–water partition coefficient (Wildman–Crippen LogP) is 3.00. The topological polar surface area (TPSA) is 18.5 Å². The van der Waals surface area contributed by atoms with Crippen molar-refractivity contribution in [2.75, 3.05) is 7.11 Å². The summed E-state index contributed by atoms with van der Waals surface area (Å²) in [6.07, 6.45) is -4.41. The average Bonchev–Trinajstić information content (AvgIpc) is 2.56. The van der Waals surface area contributed by atoms with E-state index in [1.165, 1.54) is 19.2 Å². The van der Waals surface area contributed by atoms with Gasteiger partial charge < -0.3 is 9.47 Å². The van der Waals surface area contributed by atoms with Crippen LogP contribution >= 0.6 is 0 Å². The molecule has 1 atom stereocenters. The Morgan fingerprint density at radius 2 is 2.06 bits per heavy atom. The maximum atomic E-state index is 12.8. The van der Waals surface area contributed by atoms with Gasteiger partial charge in [-0.1, -0.05) is 6.07 Å². The SMILES string of the molecule is COc1ccc2c(c1)CO[C@@]2(C)C(F)(F)F.